The summed E-state index contributed by atoms with van der Waals surface area (Å²) in [6.45, 7) is 8.99. The van der Waals surface area contributed by atoms with E-state index < -0.39 is 0 Å². The molecule has 0 aromatic carbocycles. The monoisotopic (exact) mass is 254 g/mol. The van der Waals surface area contributed by atoms with Gasteiger partial charge in [-0.1, -0.05) is 13.3 Å². The Morgan fingerprint density at radius 2 is 1.89 bits per heavy atom. The van der Waals surface area contributed by atoms with Crippen LogP contribution in [0.4, 0.5) is 0 Å². The van der Waals surface area contributed by atoms with Crippen molar-refractivity contribution in [2.75, 3.05) is 39.4 Å². The van der Waals surface area contributed by atoms with Crippen molar-refractivity contribution in [2.45, 2.75) is 51.5 Å². The second-order valence-corrected chi connectivity index (χ2v) is 5.89. The average Bonchev–Trinajstić information content (AvgIpc) is 3.23. The minimum atomic E-state index is 0.884. The molecule has 1 N–H and O–H groups in total. The van der Waals surface area contributed by atoms with Gasteiger partial charge in [-0.3, -0.25) is 4.90 Å². The molecule has 1 aliphatic carbocycles. The van der Waals surface area contributed by atoms with E-state index in [9.17, 15) is 0 Å². The molecule has 0 atom stereocenters. The van der Waals surface area contributed by atoms with Gasteiger partial charge in [0.15, 0.2) is 0 Å². The van der Waals surface area contributed by atoms with Gasteiger partial charge in [-0.25, -0.2) is 0 Å². The van der Waals surface area contributed by atoms with Gasteiger partial charge in [-0.2, -0.15) is 0 Å². The smallest absolute Gasteiger partial charge is 0.0593 e. The third kappa shape index (κ3) is 5.25. The molecule has 0 aromatic rings. The molecule has 1 saturated carbocycles. The molecule has 2 aliphatic rings. The summed E-state index contributed by atoms with van der Waals surface area (Å²) in [6, 6.07) is 0.884. The highest BCUT2D eigenvalue weighted by Crippen LogP contribution is 2.28. The summed E-state index contributed by atoms with van der Waals surface area (Å²) in [5, 5.41) is 3.46. The molecule has 3 heteroatoms. The zero-order valence-electron chi connectivity index (χ0n) is 12.0. The molecule has 0 unspecified atom stereocenters. The van der Waals surface area contributed by atoms with Gasteiger partial charge in [0.05, 0.1) is 6.61 Å². The molecular weight excluding hydrogens is 224 g/mol. The summed E-state index contributed by atoms with van der Waals surface area (Å²) < 4.78 is 5.72. The number of piperidine rings is 1. The lowest BCUT2D eigenvalue weighted by Crippen LogP contribution is -2.38. The van der Waals surface area contributed by atoms with Crippen LogP contribution in [0.25, 0.3) is 0 Å². The zero-order valence-corrected chi connectivity index (χ0v) is 12.0. The molecule has 106 valence electrons. The number of hydrogen-bond donors (Lipinski definition) is 1. The first-order chi connectivity index (χ1) is 8.90. The highest BCUT2D eigenvalue weighted by molar-refractivity contribution is 4.86. The third-order valence-corrected chi connectivity index (χ3v) is 4.18. The molecule has 1 aliphatic heterocycles. The van der Waals surface area contributed by atoms with Crippen LogP contribution in [0.2, 0.25) is 0 Å². The summed E-state index contributed by atoms with van der Waals surface area (Å²) in [7, 11) is 0. The van der Waals surface area contributed by atoms with Gasteiger partial charge in [-0.15, -0.1) is 0 Å². The summed E-state index contributed by atoms with van der Waals surface area (Å²) in [6.07, 6.45) is 8.00. The Morgan fingerprint density at radius 3 is 2.56 bits per heavy atom. The van der Waals surface area contributed by atoms with Crippen LogP contribution in [0.1, 0.15) is 45.4 Å². The van der Waals surface area contributed by atoms with E-state index in [1.165, 1.54) is 58.2 Å². The van der Waals surface area contributed by atoms with Gasteiger partial charge in [-0.05, 0) is 51.1 Å². The second kappa shape index (κ2) is 8.13. The van der Waals surface area contributed by atoms with Crippen molar-refractivity contribution < 1.29 is 4.74 Å². The van der Waals surface area contributed by atoms with Gasteiger partial charge >= 0.3 is 0 Å². The van der Waals surface area contributed by atoms with E-state index in [0.717, 1.165) is 31.7 Å². The lowest BCUT2D eigenvalue weighted by Gasteiger charge is -2.30. The SMILES string of the molecule is CCCCOCCN(CC1CCNCC1)C1CC1. The Morgan fingerprint density at radius 1 is 1.11 bits per heavy atom. The van der Waals surface area contributed by atoms with Crippen molar-refractivity contribution in [1.82, 2.24) is 10.2 Å². The molecule has 2 fully saturated rings. The molecule has 1 saturated heterocycles. The van der Waals surface area contributed by atoms with Crippen LogP contribution in [0.3, 0.4) is 0 Å². The zero-order chi connectivity index (χ0) is 12.6. The highest BCUT2D eigenvalue weighted by atomic mass is 16.5. The van der Waals surface area contributed by atoms with Gasteiger partial charge in [0.1, 0.15) is 0 Å². The molecule has 0 amide bonds. The molecule has 3 nitrogen and oxygen atoms in total. The van der Waals surface area contributed by atoms with E-state index in [1.54, 1.807) is 0 Å². The van der Waals surface area contributed by atoms with Gasteiger partial charge in [0, 0.05) is 25.7 Å². The van der Waals surface area contributed by atoms with E-state index in [1.807, 2.05) is 0 Å². The minimum Gasteiger partial charge on any atom is -0.380 e. The van der Waals surface area contributed by atoms with Crippen LogP contribution < -0.4 is 5.32 Å². The van der Waals surface area contributed by atoms with Gasteiger partial charge in [0.2, 0.25) is 0 Å². The summed E-state index contributed by atoms with van der Waals surface area (Å²) in [5.41, 5.74) is 0. The Hall–Kier alpha value is -0.120. The van der Waals surface area contributed by atoms with Gasteiger partial charge < -0.3 is 10.1 Å². The van der Waals surface area contributed by atoms with Crippen LogP contribution in [0, 0.1) is 5.92 Å². The molecule has 0 bridgehead atoms. The number of unbranched alkanes of at least 4 members (excludes halogenated alkanes) is 1. The fraction of sp³-hybridized carbons (Fsp3) is 1.00. The van der Waals surface area contributed by atoms with Gasteiger partial charge in [0.25, 0.3) is 0 Å². The first-order valence-electron chi connectivity index (χ1n) is 7.92. The fourth-order valence-electron chi connectivity index (χ4n) is 2.79. The third-order valence-electron chi connectivity index (χ3n) is 4.18. The number of nitrogens with one attached hydrogen (secondary N) is 1. The molecule has 2 rings (SSSR count). The van der Waals surface area contributed by atoms with Crippen molar-refractivity contribution in [3.05, 3.63) is 0 Å². The summed E-state index contributed by atoms with van der Waals surface area (Å²) in [4.78, 5) is 2.70. The number of rotatable bonds is 9. The summed E-state index contributed by atoms with van der Waals surface area (Å²) in [5.74, 6) is 0.919. The highest BCUT2D eigenvalue weighted by Gasteiger charge is 2.30. The Balaban J connectivity index is 1.61. The predicted octanol–water partition coefficient (Wildman–Crippen LogP) is 2.27. The first kappa shape index (κ1) is 14.3. The van der Waals surface area contributed by atoms with Crippen LogP contribution >= 0.6 is 0 Å². The van der Waals surface area contributed by atoms with E-state index in [2.05, 4.69) is 17.1 Å². The van der Waals surface area contributed by atoms with Crippen molar-refractivity contribution in [3.63, 3.8) is 0 Å². The molecule has 0 spiro atoms. The van der Waals surface area contributed by atoms with Crippen LogP contribution in [0.5, 0.6) is 0 Å². The van der Waals surface area contributed by atoms with E-state index in [4.69, 9.17) is 4.74 Å². The van der Waals surface area contributed by atoms with Crippen LogP contribution in [0.15, 0.2) is 0 Å². The van der Waals surface area contributed by atoms with Crippen molar-refractivity contribution in [3.8, 4) is 0 Å². The van der Waals surface area contributed by atoms with Crippen molar-refractivity contribution in [1.29, 1.82) is 0 Å². The lowest BCUT2D eigenvalue weighted by atomic mass is 9.97. The topological polar surface area (TPSA) is 24.5 Å². The lowest BCUT2D eigenvalue weighted by molar-refractivity contribution is 0.0896. The fourth-order valence-corrected chi connectivity index (χ4v) is 2.79. The van der Waals surface area contributed by atoms with E-state index in [-0.39, 0.29) is 0 Å². The van der Waals surface area contributed by atoms with Crippen molar-refractivity contribution >= 4 is 0 Å². The Bertz CT molecular complexity index is 213. The van der Waals surface area contributed by atoms with Crippen molar-refractivity contribution in [2.24, 2.45) is 5.92 Å². The maximum Gasteiger partial charge on any atom is 0.0593 e. The normalized spacial score (nSPS) is 21.7. The molecule has 0 radical (unpaired) electrons. The Labute approximate surface area is 112 Å². The number of nitrogens with zero attached hydrogens (tertiary/aromatic N) is 1. The predicted molar refractivity (Wildman–Crippen MR) is 75.9 cm³/mol. The maximum absolute atomic E-state index is 5.72. The quantitative estimate of drug-likeness (QED) is 0.639. The minimum absolute atomic E-state index is 0.884. The first-order valence-corrected chi connectivity index (χ1v) is 7.92. The largest absolute Gasteiger partial charge is 0.380 e. The Kier molecular flexibility index (Phi) is 6.46. The molecular formula is C15H30N2O. The summed E-state index contributed by atoms with van der Waals surface area (Å²) >= 11 is 0. The maximum atomic E-state index is 5.72. The molecule has 18 heavy (non-hydrogen) atoms. The van der Waals surface area contributed by atoms with E-state index >= 15 is 0 Å². The van der Waals surface area contributed by atoms with E-state index in [0.29, 0.717) is 0 Å². The molecule has 1 heterocycles. The molecule has 0 aromatic heterocycles. The standard InChI is InChI=1S/C15H30N2O/c1-2-3-11-18-12-10-17(15-4-5-15)13-14-6-8-16-9-7-14/h14-16H,2-13H2,1H3. The van der Waals surface area contributed by atoms with Crippen LogP contribution in [-0.2, 0) is 4.74 Å². The number of hydrogen-bond acceptors (Lipinski definition) is 3. The average molecular weight is 254 g/mol. The second-order valence-electron chi connectivity index (χ2n) is 5.89. The van der Waals surface area contributed by atoms with Crippen LogP contribution in [-0.4, -0.2) is 50.3 Å². The number of ether oxygens (including phenoxy) is 1.